The molecule has 6 heteroatoms. The van der Waals surface area contributed by atoms with Crippen LogP contribution in [-0.2, 0) is 20.7 Å². The summed E-state index contributed by atoms with van der Waals surface area (Å²) in [5.74, 6) is 0.431. The molecule has 22 heavy (non-hydrogen) atoms. The maximum absolute atomic E-state index is 11.6. The number of nitrogens with one attached hydrogen (secondary N) is 1. The Morgan fingerprint density at radius 1 is 1.27 bits per heavy atom. The Morgan fingerprint density at radius 3 is 2.68 bits per heavy atom. The van der Waals surface area contributed by atoms with Crippen molar-refractivity contribution < 1.29 is 18.7 Å². The lowest BCUT2D eigenvalue weighted by Gasteiger charge is -2.02. The third-order valence-electron chi connectivity index (χ3n) is 3.11. The zero-order chi connectivity index (χ0) is 15.9. The molecular weight excluding hydrogens is 284 g/mol. The van der Waals surface area contributed by atoms with Gasteiger partial charge in [0.15, 0.2) is 11.7 Å². The molecule has 0 fully saturated rings. The second-order valence-electron chi connectivity index (χ2n) is 4.84. The number of carbonyl (C=O) groups excluding carboxylic acids is 2. The molecule has 0 unspecified atom stereocenters. The summed E-state index contributed by atoms with van der Waals surface area (Å²) in [5.41, 5.74) is 2.12. The molecule has 1 heterocycles. The summed E-state index contributed by atoms with van der Waals surface area (Å²) in [7, 11) is 1.27. The normalized spacial score (nSPS) is 10.3. The molecule has 0 atom stereocenters. The first-order valence-corrected chi connectivity index (χ1v) is 6.93. The van der Waals surface area contributed by atoms with Crippen LogP contribution in [0.4, 0.5) is 0 Å². The van der Waals surface area contributed by atoms with E-state index in [4.69, 9.17) is 4.42 Å². The van der Waals surface area contributed by atoms with E-state index >= 15 is 0 Å². The first-order chi connectivity index (χ1) is 10.6. The highest BCUT2D eigenvalue weighted by Crippen LogP contribution is 2.21. The molecule has 0 aliphatic rings. The summed E-state index contributed by atoms with van der Waals surface area (Å²) in [6, 6.07) is 7.92. The van der Waals surface area contributed by atoms with Crippen LogP contribution >= 0.6 is 0 Å². The summed E-state index contributed by atoms with van der Waals surface area (Å²) >= 11 is 0. The molecule has 0 saturated heterocycles. The van der Waals surface area contributed by atoms with E-state index in [1.165, 1.54) is 12.7 Å². The monoisotopic (exact) mass is 302 g/mol. The number of amides is 1. The highest BCUT2D eigenvalue weighted by Gasteiger charge is 2.10. The first kappa shape index (κ1) is 15.8. The largest absolute Gasteiger partial charge is 0.468 e. The van der Waals surface area contributed by atoms with Gasteiger partial charge in [0.05, 0.1) is 13.3 Å². The quantitative estimate of drug-likeness (QED) is 0.824. The van der Waals surface area contributed by atoms with Crippen LogP contribution in [0.1, 0.15) is 17.9 Å². The Morgan fingerprint density at radius 2 is 2.00 bits per heavy atom. The Hall–Kier alpha value is -2.63. The van der Waals surface area contributed by atoms with Gasteiger partial charge in [-0.3, -0.25) is 9.59 Å². The zero-order valence-corrected chi connectivity index (χ0v) is 12.6. The van der Waals surface area contributed by atoms with Crippen molar-refractivity contribution in [2.75, 3.05) is 13.7 Å². The van der Waals surface area contributed by atoms with Crippen LogP contribution in [-0.4, -0.2) is 30.5 Å². The Bertz CT molecular complexity index is 646. The molecule has 2 rings (SSSR count). The minimum absolute atomic E-state index is 0.129. The van der Waals surface area contributed by atoms with Crippen LogP contribution in [0.5, 0.6) is 0 Å². The van der Waals surface area contributed by atoms with Gasteiger partial charge in [-0.25, -0.2) is 4.98 Å². The van der Waals surface area contributed by atoms with Crippen LogP contribution in [0.2, 0.25) is 0 Å². The fraction of sp³-hybridized carbons (Fsp3) is 0.312. The van der Waals surface area contributed by atoms with Crippen molar-refractivity contribution in [2.45, 2.75) is 19.8 Å². The van der Waals surface area contributed by atoms with Gasteiger partial charge in [-0.2, -0.15) is 0 Å². The maximum Gasteiger partial charge on any atom is 0.325 e. The molecule has 0 aliphatic carbocycles. The molecule has 1 amide bonds. The van der Waals surface area contributed by atoms with E-state index in [-0.39, 0.29) is 18.9 Å². The summed E-state index contributed by atoms with van der Waals surface area (Å²) in [5, 5.41) is 2.47. The summed E-state index contributed by atoms with van der Waals surface area (Å²) in [6.45, 7) is 1.89. The van der Waals surface area contributed by atoms with Gasteiger partial charge >= 0.3 is 5.97 Å². The lowest BCUT2D eigenvalue weighted by molar-refractivity contribution is -0.141. The number of esters is 1. The smallest absolute Gasteiger partial charge is 0.325 e. The van der Waals surface area contributed by atoms with Crippen molar-refractivity contribution in [1.29, 1.82) is 0 Å². The van der Waals surface area contributed by atoms with E-state index in [1.807, 2.05) is 31.2 Å². The fourth-order valence-corrected chi connectivity index (χ4v) is 1.83. The number of oxazole rings is 1. The van der Waals surface area contributed by atoms with Crippen molar-refractivity contribution in [3.63, 3.8) is 0 Å². The molecule has 0 aliphatic heterocycles. The minimum atomic E-state index is -0.480. The number of ether oxygens (including phenoxy) is 1. The zero-order valence-electron chi connectivity index (χ0n) is 12.6. The molecule has 6 nitrogen and oxygen atoms in total. The number of hydrogen-bond acceptors (Lipinski definition) is 5. The number of aromatic nitrogens is 1. The molecule has 0 spiro atoms. The predicted molar refractivity (Wildman–Crippen MR) is 80.0 cm³/mol. The number of methoxy groups -OCH3 is 1. The molecular formula is C16H18N2O4. The number of nitrogens with zero attached hydrogens (tertiary/aromatic N) is 1. The summed E-state index contributed by atoms with van der Waals surface area (Å²) in [6.07, 6.45) is 2.22. The van der Waals surface area contributed by atoms with Gasteiger partial charge < -0.3 is 14.5 Å². The van der Waals surface area contributed by atoms with Gasteiger partial charge in [-0.1, -0.05) is 29.8 Å². The highest BCUT2D eigenvalue weighted by molar-refractivity contribution is 5.81. The number of benzene rings is 1. The third-order valence-corrected chi connectivity index (χ3v) is 3.11. The van der Waals surface area contributed by atoms with Crippen LogP contribution in [0.15, 0.2) is 34.9 Å². The molecule has 1 N–H and O–H groups in total. The van der Waals surface area contributed by atoms with Crippen LogP contribution in [0.25, 0.3) is 11.3 Å². The van der Waals surface area contributed by atoms with E-state index in [9.17, 15) is 9.59 Å². The van der Waals surface area contributed by atoms with Crippen molar-refractivity contribution in [3.05, 3.63) is 41.9 Å². The lowest BCUT2D eigenvalue weighted by atomic mass is 10.1. The van der Waals surface area contributed by atoms with Crippen LogP contribution < -0.4 is 5.32 Å². The van der Waals surface area contributed by atoms with Gasteiger partial charge in [0.25, 0.3) is 0 Å². The molecule has 0 saturated carbocycles. The number of rotatable bonds is 6. The van der Waals surface area contributed by atoms with E-state index in [0.29, 0.717) is 18.1 Å². The summed E-state index contributed by atoms with van der Waals surface area (Å²) < 4.78 is 10.1. The average molecular weight is 302 g/mol. The number of hydrogen-bond donors (Lipinski definition) is 1. The van der Waals surface area contributed by atoms with E-state index in [1.54, 1.807) is 6.20 Å². The Balaban J connectivity index is 1.86. The van der Waals surface area contributed by atoms with Crippen LogP contribution in [0, 0.1) is 6.92 Å². The second kappa shape index (κ2) is 7.40. The molecule has 0 bridgehead atoms. The molecule has 1 aromatic carbocycles. The predicted octanol–water partition coefficient (Wildman–Crippen LogP) is 1.87. The van der Waals surface area contributed by atoms with Gasteiger partial charge in [-0.05, 0) is 6.92 Å². The summed E-state index contributed by atoms with van der Waals surface area (Å²) in [4.78, 5) is 26.6. The number of aryl methyl sites for hydroxylation is 2. The maximum atomic E-state index is 11.6. The van der Waals surface area contributed by atoms with E-state index < -0.39 is 5.97 Å². The first-order valence-electron chi connectivity index (χ1n) is 6.93. The average Bonchev–Trinajstić information content (AvgIpc) is 3.00. The standard InChI is InChI=1S/C16H18N2O4/c1-11-3-5-12(6-4-11)13-9-18-15(22-13)8-7-14(19)17-10-16(20)21-2/h3-6,9H,7-8,10H2,1-2H3,(H,17,19). The molecule has 116 valence electrons. The second-order valence-corrected chi connectivity index (χ2v) is 4.84. The van der Waals surface area contributed by atoms with Crippen molar-refractivity contribution >= 4 is 11.9 Å². The third kappa shape index (κ3) is 4.44. The topological polar surface area (TPSA) is 81.4 Å². The minimum Gasteiger partial charge on any atom is -0.468 e. The Labute approximate surface area is 128 Å². The molecule has 2 aromatic rings. The van der Waals surface area contributed by atoms with E-state index in [0.717, 1.165) is 5.56 Å². The van der Waals surface area contributed by atoms with Crippen molar-refractivity contribution in [2.24, 2.45) is 0 Å². The lowest BCUT2D eigenvalue weighted by Crippen LogP contribution is -2.30. The van der Waals surface area contributed by atoms with Gasteiger partial charge in [0, 0.05) is 18.4 Å². The van der Waals surface area contributed by atoms with Crippen LogP contribution in [0.3, 0.4) is 0 Å². The van der Waals surface area contributed by atoms with Gasteiger partial charge in [0.2, 0.25) is 5.91 Å². The molecule has 1 aromatic heterocycles. The highest BCUT2D eigenvalue weighted by atomic mass is 16.5. The van der Waals surface area contributed by atoms with Gasteiger partial charge in [0.1, 0.15) is 6.54 Å². The van der Waals surface area contributed by atoms with Crippen molar-refractivity contribution in [1.82, 2.24) is 10.3 Å². The Kier molecular flexibility index (Phi) is 5.30. The molecule has 0 radical (unpaired) electrons. The van der Waals surface area contributed by atoms with E-state index in [2.05, 4.69) is 15.0 Å². The number of carbonyl (C=O) groups is 2. The fourth-order valence-electron chi connectivity index (χ4n) is 1.83. The van der Waals surface area contributed by atoms with Gasteiger partial charge in [-0.15, -0.1) is 0 Å². The SMILES string of the molecule is COC(=O)CNC(=O)CCc1ncc(-c2ccc(C)cc2)o1. The van der Waals surface area contributed by atoms with Crippen molar-refractivity contribution in [3.8, 4) is 11.3 Å².